The molecule has 0 spiro atoms. The summed E-state index contributed by atoms with van der Waals surface area (Å²) in [7, 11) is 0. The van der Waals surface area contributed by atoms with Crippen molar-refractivity contribution >= 4 is 35.0 Å². The van der Waals surface area contributed by atoms with Crippen molar-refractivity contribution in [3.63, 3.8) is 0 Å². The smallest absolute Gasteiger partial charge is 0.320 e. The van der Waals surface area contributed by atoms with Crippen LogP contribution in [0.5, 0.6) is 0 Å². The van der Waals surface area contributed by atoms with E-state index in [-0.39, 0.29) is 23.5 Å². The second-order valence-electron chi connectivity index (χ2n) is 7.02. The van der Waals surface area contributed by atoms with Gasteiger partial charge in [-0.1, -0.05) is 5.10 Å². The summed E-state index contributed by atoms with van der Waals surface area (Å²) in [5, 5.41) is 12.5. The lowest BCUT2D eigenvalue weighted by atomic mass is 10.3. The van der Waals surface area contributed by atoms with Crippen LogP contribution in [0.1, 0.15) is 17.6 Å². The van der Waals surface area contributed by atoms with Gasteiger partial charge in [0.2, 0.25) is 5.91 Å². The van der Waals surface area contributed by atoms with Crippen LogP contribution in [-0.2, 0) is 4.79 Å². The average Bonchev–Trinajstić information content (AvgIpc) is 3.25. The third-order valence-corrected chi connectivity index (χ3v) is 4.84. The zero-order valence-corrected chi connectivity index (χ0v) is 17.0. The lowest BCUT2D eigenvalue weighted by Gasteiger charge is -2.34. The van der Waals surface area contributed by atoms with Gasteiger partial charge in [0.25, 0.3) is 0 Å². The Morgan fingerprint density at radius 1 is 1.00 bits per heavy atom. The second-order valence-corrected chi connectivity index (χ2v) is 7.02. The molecule has 1 fully saturated rings. The van der Waals surface area contributed by atoms with E-state index in [9.17, 15) is 18.4 Å². The van der Waals surface area contributed by atoms with E-state index in [2.05, 4.69) is 30.7 Å². The number of halogens is 2. The first-order valence-electron chi connectivity index (χ1n) is 9.72. The van der Waals surface area contributed by atoms with Crippen molar-refractivity contribution < 1.29 is 22.8 Å². The van der Waals surface area contributed by atoms with Gasteiger partial charge in [0.05, 0.1) is 11.9 Å². The first-order chi connectivity index (χ1) is 15.4. The van der Waals surface area contributed by atoms with E-state index in [0.717, 1.165) is 18.0 Å². The fourth-order valence-corrected chi connectivity index (χ4v) is 3.14. The normalized spacial score (nSPS) is 13.7. The summed E-state index contributed by atoms with van der Waals surface area (Å²) in [6.45, 7) is 4.17. The summed E-state index contributed by atoms with van der Waals surface area (Å²) in [4.78, 5) is 32.0. The van der Waals surface area contributed by atoms with Crippen LogP contribution in [0.25, 0.3) is 0 Å². The van der Waals surface area contributed by atoms with Gasteiger partial charge in [-0.05, 0) is 24.3 Å². The van der Waals surface area contributed by atoms with Crippen LogP contribution in [0.2, 0.25) is 0 Å². The second kappa shape index (κ2) is 8.96. The maximum atomic E-state index is 13.3. The molecule has 1 aromatic carbocycles. The molecule has 0 unspecified atom stereocenters. The molecule has 2 aromatic heterocycles. The molecule has 1 saturated heterocycles. The first-order valence-corrected chi connectivity index (χ1v) is 9.72. The number of anilines is 4. The van der Waals surface area contributed by atoms with Crippen LogP contribution < -0.4 is 15.5 Å². The van der Waals surface area contributed by atoms with Crippen LogP contribution in [0.15, 0.2) is 40.9 Å². The number of amides is 2. The minimum Gasteiger partial charge on any atom is -0.399 e. The van der Waals surface area contributed by atoms with Crippen molar-refractivity contribution in [3.05, 3.63) is 54.1 Å². The molecule has 0 aliphatic carbocycles. The van der Waals surface area contributed by atoms with Crippen LogP contribution in [-0.4, -0.2) is 58.1 Å². The first kappa shape index (κ1) is 21.2. The van der Waals surface area contributed by atoms with E-state index in [1.165, 1.54) is 12.3 Å². The molecule has 12 heteroatoms. The number of aromatic nitrogens is 3. The molecular weight excluding hydrogens is 424 g/mol. The van der Waals surface area contributed by atoms with Gasteiger partial charge in [-0.3, -0.25) is 9.59 Å². The van der Waals surface area contributed by atoms with Crippen molar-refractivity contribution in [1.82, 2.24) is 20.1 Å². The fourth-order valence-electron chi connectivity index (χ4n) is 3.14. The lowest BCUT2D eigenvalue weighted by molar-refractivity contribution is -0.129. The van der Waals surface area contributed by atoms with Gasteiger partial charge in [0.1, 0.15) is 5.82 Å². The number of carbonyl (C=O) groups excluding carboxylic acids is 2. The molecule has 2 N–H and O–H groups in total. The lowest BCUT2D eigenvalue weighted by Crippen LogP contribution is -2.48. The molecule has 32 heavy (non-hydrogen) atoms. The predicted molar refractivity (Wildman–Crippen MR) is 111 cm³/mol. The number of hydrogen-bond acceptors (Lipinski definition) is 8. The molecular formula is C20H19F2N7O3. The van der Waals surface area contributed by atoms with E-state index in [1.807, 2.05) is 0 Å². The number of benzene rings is 1. The highest BCUT2D eigenvalue weighted by Gasteiger charge is 2.20. The summed E-state index contributed by atoms with van der Waals surface area (Å²) in [5.74, 6) is -2.20. The van der Waals surface area contributed by atoms with Crippen molar-refractivity contribution in [2.75, 3.05) is 41.7 Å². The Bertz CT molecular complexity index is 1130. The number of rotatable bonds is 5. The average molecular weight is 443 g/mol. The molecule has 1 aliphatic heterocycles. The Morgan fingerprint density at radius 3 is 2.41 bits per heavy atom. The molecule has 166 valence electrons. The van der Waals surface area contributed by atoms with E-state index in [0.29, 0.717) is 31.9 Å². The largest absolute Gasteiger partial charge is 0.399 e. The summed E-state index contributed by atoms with van der Waals surface area (Å²) in [6.07, 6.45) is 1.50. The number of nitrogens with zero attached hydrogens (tertiary/aromatic N) is 5. The van der Waals surface area contributed by atoms with Crippen LogP contribution >= 0.6 is 0 Å². The molecule has 3 heterocycles. The Morgan fingerprint density at radius 2 is 1.75 bits per heavy atom. The molecule has 0 atom stereocenters. The van der Waals surface area contributed by atoms with Gasteiger partial charge < -0.3 is 24.9 Å². The van der Waals surface area contributed by atoms with Gasteiger partial charge in [-0.2, -0.15) is 0 Å². The fraction of sp³-hybridized carbons (Fsp3) is 0.250. The van der Waals surface area contributed by atoms with Crippen molar-refractivity contribution in [1.29, 1.82) is 0 Å². The molecule has 0 radical (unpaired) electrons. The summed E-state index contributed by atoms with van der Waals surface area (Å²) in [5.41, 5.74) is 0.609. The highest BCUT2D eigenvalue weighted by molar-refractivity contribution is 6.00. The Balaban J connectivity index is 1.34. The molecule has 0 bridgehead atoms. The SMILES string of the molecule is CC(=O)N1CCN(c2ccc(NC(=O)c3nnc(Nc4ccc(F)c(F)c4)o3)cn2)CC1. The van der Waals surface area contributed by atoms with Crippen molar-refractivity contribution in [3.8, 4) is 0 Å². The molecule has 4 rings (SSSR count). The number of piperazine rings is 1. The Labute approximate surface area is 181 Å². The molecule has 3 aromatic rings. The predicted octanol–water partition coefficient (Wildman–Crippen LogP) is 2.41. The minimum absolute atomic E-state index is 0.0554. The van der Waals surface area contributed by atoms with Crippen LogP contribution in [0.4, 0.5) is 32.0 Å². The van der Waals surface area contributed by atoms with Crippen LogP contribution in [0, 0.1) is 11.6 Å². The number of hydrogen-bond donors (Lipinski definition) is 2. The van der Waals surface area contributed by atoms with Gasteiger partial charge >= 0.3 is 17.8 Å². The molecule has 0 saturated carbocycles. The quantitative estimate of drug-likeness (QED) is 0.618. The topological polar surface area (TPSA) is 116 Å². The Hall–Kier alpha value is -4.09. The summed E-state index contributed by atoms with van der Waals surface area (Å²) < 4.78 is 31.5. The molecule has 2 amide bonds. The van der Waals surface area contributed by atoms with Gasteiger partial charge in [-0.15, -0.1) is 5.10 Å². The molecule has 1 aliphatic rings. The monoisotopic (exact) mass is 443 g/mol. The third-order valence-electron chi connectivity index (χ3n) is 4.84. The number of nitrogens with one attached hydrogen (secondary N) is 2. The highest BCUT2D eigenvalue weighted by Crippen LogP contribution is 2.19. The third kappa shape index (κ3) is 4.79. The standard InChI is InChI=1S/C20H19F2N7O3/c1-12(30)28-6-8-29(9-7-28)17-5-3-14(11-23-17)24-18(31)19-26-27-20(32-19)25-13-2-4-15(21)16(22)10-13/h2-5,10-11H,6-9H2,1H3,(H,24,31)(H,25,27). The summed E-state index contributed by atoms with van der Waals surface area (Å²) in [6, 6.07) is 6.46. The highest BCUT2D eigenvalue weighted by atomic mass is 19.2. The zero-order valence-electron chi connectivity index (χ0n) is 17.0. The zero-order chi connectivity index (χ0) is 22.7. The van der Waals surface area contributed by atoms with Crippen molar-refractivity contribution in [2.24, 2.45) is 0 Å². The van der Waals surface area contributed by atoms with Gasteiger partial charge in [0, 0.05) is 44.9 Å². The number of pyridine rings is 1. The Kier molecular flexibility index (Phi) is 5.92. The van der Waals surface area contributed by atoms with E-state index >= 15 is 0 Å². The minimum atomic E-state index is -1.04. The van der Waals surface area contributed by atoms with E-state index < -0.39 is 17.5 Å². The number of carbonyl (C=O) groups is 2. The molecule has 10 nitrogen and oxygen atoms in total. The van der Waals surface area contributed by atoms with E-state index in [4.69, 9.17) is 4.42 Å². The maximum Gasteiger partial charge on any atom is 0.320 e. The summed E-state index contributed by atoms with van der Waals surface area (Å²) >= 11 is 0. The van der Waals surface area contributed by atoms with Crippen molar-refractivity contribution in [2.45, 2.75) is 6.92 Å². The van der Waals surface area contributed by atoms with Gasteiger partial charge in [-0.25, -0.2) is 13.8 Å². The van der Waals surface area contributed by atoms with E-state index in [1.54, 1.807) is 24.0 Å². The van der Waals surface area contributed by atoms with Gasteiger partial charge in [0.15, 0.2) is 11.6 Å². The van der Waals surface area contributed by atoms with Crippen LogP contribution in [0.3, 0.4) is 0 Å². The maximum absolute atomic E-state index is 13.3.